The maximum Gasteiger partial charge on any atom is 0.0648 e. The van der Waals surface area contributed by atoms with Gasteiger partial charge in [0.1, 0.15) is 0 Å². The number of aliphatic hydroxyl groups is 2. The first-order valence-electron chi connectivity index (χ1n) is 13.8. The number of hydrogen-bond acceptors (Lipinski definition) is 3. The highest BCUT2D eigenvalue weighted by molar-refractivity contribution is 5.13. The average Bonchev–Trinajstić information content (AvgIpc) is 3.08. The first-order chi connectivity index (χ1) is 14.9. The summed E-state index contributed by atoms with van der Waals surface area (Å²) in [6.07, 6.45) is 12.9. The first-order valence-corrected chi connectivity index (χ1v) is 13.8. The number of fused-ring (bicyclic) bond motifs is 5. The number of methoxy groups -OCH3 is 1. The van der Waals surface area contributed by atoms with Gasteiger partial charge in [-0.3, -0.25) is 0 Å². The van der Waals surface area contributed by atoms with Gasteiger partial charge in [0.2, 0.25) is 0 Å². The zero-order valence-corrected chi connectivity index (χ0v) is 22.1. The van der Waals surface area contributed by atoms with E-state index >= 15 is 0 Å². The van der Waals surface area contributed by atoms with E-state index in [1.807, 2.05) is 21.0 Å². The second-order valence-electron chi connectivity index (χ2n) is 13.9. The van der Waals surface area contributed by atoms with Crippen molar-refractivity contribution in [3.05, 3.63) is 0 Å². The van der Waals surface area contributed by atoms with Gasteiger partial charge in [-0.2, -0.15) is 0 Å². The highest BCUT2D eigenvalue weighted by Crippen LogP contribution is 2.69. The normalized spacial score (nSPS) is 49.8. The molecule has 0 aromatic heterocycles. The summed E-state index contributed by atoms with van der Waals surface area (Å²) in [5, 5.41) is 21.4. The third-order valence-electron chi connectivity index (χ3n) is 11.7. The van der Waals surface area contributed by atoms with Crippen LogP contribution in [-0.4, -0.2) is 34.6 Å². The molecule has 32 heavy (non-hydrogen) atoms. The molecule has 186 valence electrons. The van der Waals surface area contributed by atoms with Crippen LogP contribution < -0.4 is 0 Å². The SMILES string of the molecule is CC[C@]1(O)CC[C@@]2(C)[C@@H](CC[C@@H]3[C@@H]2[C@@H](OC)C[C@]2(C)[C@@H]([C@H](C)CCC(C)(C)O)CC[C@@H]32)C1. The lowest BCUT2D eigenvalue weighted by molar-refractivity contribution is -0.199. The highest BCUT2D eigenvalue weighted by atomic mass is 16.5. The van der Waals surface area contributed by atoms with E-state index in [1.165, 1.54) is 32.1 Å². The van der Waals surface area contributed by atoms with E-state index in [4.69, 9.17) is 4.74 Å². The molecule has 4 saturated carbocycles. The monoisotopic (exact) mass is 448 g/mol. The molecule has 4 aliphatic carbocycles. The van der Waals surface area contributed by atoms with Crippen LogP contribution in [0.4, 0.5) is 0 Å². The predicted octanol–water partition coefficient (Wildman–Crippen LogP) is 6.60. The number of rotatable bonds is 6. The fourth-order valence-corrected chi connectivity index (χ4v) is 9.71. The van der Waals surface area contributed by atoms with Crippen LogP contribution >= 0.6 is 0 Å². The Kier molecular flexibility index (Phi) is 6.65. The molecule has 0 aliphatic heterocycles. The lowest BCUT2D eigenvalue weighted by Gasteiger charge is -2.64. The quantitative estimate of drug-likeness (QED) is 0.481. The molecule has 0 aromatic rings. The molecule has 2 N–H and O–H groups in total. The predicted molar refractivity (Wildman–Crippen MR) is 131 cm³/mol. The molecule has 4 rings (SSSR count). The van der Waals surface area contributed by atoms with Crippen molar-refractivity contribution in [3.8, 4) is 0 Å². The Labute approximate surface area is 198 Å². The molecule has 0 unspecified atom stereocenters. The largest absolute Gasteiger partial charge is 0.390 e. The fraction of sp³-hybridized carbons (Fsp3) is 1.00. The minimum atomic E-state index is -0.561. The maximum absolute atomic E-state index is 11.1. The molecule has 10 atom stereocenters. The molecule has 0 bridgehead atoms. The van der Waals surface area contributed by atoms with E-state index in [1.54, 1.807) is 0 Å². The third kappa shape index (κ3) is 4.11. The minimum Gasteiger partial charge on any atom is -0.390 e. The summed E-state index contributed by atoms with van der Waals surface area (Å²) >= 11 is 0. The Hall–Kier alpha value is -0.120. The topological polar surface area (TPSA) is 49.7 Å². The van der Waals surface area contributed by atoms with Gasteiger partial charge in [-0.05, 0) is 131 Å². The number of ether oxygens (including phenoxy) is 1. The summed E-state index contributed by atoms with van der Waals surface area (Å²) in [4.78, 5) is 0. The van der Waals surface area contributed by atoms with Crippen molar-refractivity contribution in [2.75, 3.05) is 7.11 Å². The van der Waals surface area contributed by atoms with Gasteiger partial charge in [0.25, 0.3) is 0 Å². The summed E-state index contributed by atoms with van der Waals surface area (Å²) in [5.74, 6) is 4.29. The van der Waals surface area contributed by atoms with Gasteiger partial charge >= 0.3 is 0 Å². The summed E-state index contributed by atoms with van der Waals surface area (Å²) in [6.45, 7) is 13.7. The summed E-state index contributed by atoms with van der Waals surface area (Å²) in [7, 11) is 1.96. The van der Waals surface area contributed by atoms with Crippen molar-refractivity contribution in [1.29, 1.82) is 0 Å². The summed E-state index contributed by atoms with van der Waals surface area (Å²) in [5.41, 5.74) is -0.314. The van der Waals surface area contributed by atoms with Crippen LogP contribution in [0.25, 0.3) is 0 Å². The van der Waals surface area contributed by atoms with Crippen LogP contribution in [-0.2, 0) is 4.74 Å². The van der Waals surface area contributed by atoms with Crippen molar-refractivity contribution < 1.29 is 14.9 Å². The van der Waals surface area contributed by atoms with Crippen LogP contribution in [0.2, 0.25) is 0 Å². The van der Waals surface area contributed by atoms with Gasteiger partial charge in [0, 0.05) is 7.11 Å². The van der Waals surface area contributed by atoms with E-state index < -0.39 is 11.2 Å². The average molecular weight is 449 g/mol. The van der Waals surface area contributed by atoms with Crippen LogP contribution in [0, 0.1) is 46.3 Å². The lowest BCUT2D eigenvalue weighted by atomic mass is 9.42. The van der Waals surface area contributed by atoms with Crippen molar-refractivity contribution in [2.45, 2.75) is 129 Å². The van der Waals surface area contributed by atoms with E-state index in [2.05, 4.69) is 27.7 Å². The first kappa shape index (κ1) is 25.0. The number of hydrogen-bond donors (Lipinski definition) is 2. The zero-order chi connectivity index (χ0) is 23.5. The van der Waals surface area contributed by atoms with Gasteiger partial charge < -0.3 is 14.9 Å². The van der Waals surface area contributed by atoms with Crippen LogP contribution in [0.3, 0.4) is 0 Å². The summed E-state index contributed by atoms with van der Waals surface area (Å²) < 4.78 is 6.37. The standard InChI is InChI=1S/C29H52O3/c1-8-29(31)16-15-27(5)20(17-29)9-10-21-23-12-11-22(19(2)13-14-26(3,4)30)28(23,6)18-24(32-7)25(21)27/h19-25,30-31H,8-18H2,1-7H3/t19-,20+,21+,22-,23+,24+,25-,27+,28-,29+/m1/s1. The summed E-state index contributed by atoms with van der Waals surface area (Å²) in [6, 6.07) is 0. The Morgan fingerprint density at radius 3 is 2.38 bits per heavy atom. The highest BCUT2D eigenvalue weighted by Gasteiger charge is 2.64. The minimum absolute atomic E-state index is 0.316. The van der Waals surface area contributed by atoms with Gasteiger partial charge in [-0.15, -0.1) is 0 Å². The Morgan fingerprint density at radius 1 is 1.03 bits per heavy atom. The van der Waals surface area contributed by atoms with E-state index in [0.29, 0.717) is 34.7 Å². The van der Waals surface area contributed by atoms with Gasteiger partial charge in [-0.1, -0.05) is 27.7 Å². The van der Waals surface area contributed by atoms with Crippen LogP contribution in [0.5, 0.6) is 0 Å². The molecule has 0 saturated heterocycles. The van der Waals surface area contributed by atoms with Crippen molar-refractivity contribution in [2.24, 2.45) is 46.3 Å². The van der Waals surface area contributed by atoms with Crippen molar-refractivity contribution in [1.82, 2.24) is 0 Å². The molecule has 4 fully saturated rings. The molecular weight excluding hydrogens is 396 g/mol. The molecule has 0 amide bonds. The second kappa shape index (κ2) is 8.52. The van der Waals surface area contributed by atoms with E-state index in [0.717, 1.165) is 56.3 Å². The molecule has 0 radical (unpaired) electrons. The maximum atomic E-state index is 11.1. The van der Waals surface area contributed by atoms with Crippen molar-refractivity contribution in [3.63, 3.8) is 0 Å². The molecule has 4 aliphatic rings. The second-order valence-corrected chi connectivity index (χ2v) is 13.9. The molecule has 3 nitrogen and oxygen atoms in total. The van der Waals surface area contributed by atoms with Crippen molar-refractivity contribution >= 4 is 0 Å². The molecule has 3 heteroatoms. The van der Waals surface area contributed by atoms with Crippen LogP contribution in [0.1, 0.15) is 112 Å². The Morgan fingerprint density at radius 2 is 1.75 bits per heavy atom. The Balaban J connectivity index is 1.57. The molecule has 0 aromatic carbocycles. The van der Waals surface area contributed by atoms with Crippen LogP contribution in [0.15, 0.2) is 0 Å². The third-order valence-corrected chi connectivity index (χ3v) is 11.7. The lowest BCUT2D eigenvalue weighted by Crippen LogP contribution is -2.60. The molecule has 0 heterocycles. The Bertz CT molecular complexity index is 670. The zero-order valence-electron chi connectivity index (χ0n) is 22.1. The fourth-order valence-electron chi connectivity index (χ4n) is 9.71. The molecule has 0 spiro atoms. The van der Waals surface area contributed by atoms with Gasteiger partial charge in [0.05, 0.1) is 17.3 Å². The van der Waals surface area contributed by atoms with Gasteiger partial charge in [-0.25, -0.2) is 0 Å². The van der Waals surface area contributed by atoms with E-state index in [9.17, 15) is 10.2 Å². The van der Waals surface area contributed by atoms with Gasteiger partial charge in [0.15, 0.2) is 0 Å². The molecular formula is C29H52O3. The smallest absolute Gasteiger partial charge is 0.0648 e. The van der Waals surface area contributed by atoms with E-state index in [-0.39, 0.29) is 0 Å².